The number of nitrogens with one attached hydrogen (secondary N) is 1. The summed E-state index contributed by atoms with van der Waals surface area (Å²) < 4.78 is 71.2. The number of halogens is 3. The lowest BCUT2D eigenvalue weighted by molar-refractivity contribution is -0.137. The number of alkyl halides is 3. The van der Waals surface area contributed by atoms with Crippen LogP contribution < -0.4 is 9.46 Å². The first-order chi connectivity index (χ1) is 11.6. The third-order valence-corrected chi connectivity index (χ3v) is 4.61. The zero-order valence-electron chi connectivity index (χ0n) is 13.2. The summed E-state index contributed by atoms with van der Waals surface area (Å²) in [5.74, 6) is -0.125. The Morgan fingerprint density at radius 3 is 2.32 bits per heavy atom. The zero-order valence-corrected chi connectivity index (χ0v) is 14.0. The number of rotatable bonds is 6. The van der Waals surface area contributed by atoms with E-state index in [9.17, 15) is 21.6 Å². The van der Waals surface area contributed by atoms with Crippen LogP contribution in [0.4, 0.5) is 18.9 Å². The Morgan fingerprint density at radius 1 is 1.12 bits per heavy atom. The zero-order chi connectivity index (χ0) is 18.7. The summed E-state index contributed by atoms with van der Waals surface area (Å²) in [5.41, 5.74) is -0.969. The summed E-state index contributed by atoms with van der Waals surface area (Å²) in [4.78, 5) is -0.146. The Bertz CT molecular complexity index is 833. The molecule has 0 aromatic heterocycles. The molecule has 0 aliphatic rings. The number of benzene rings is 2. The van der Waals surface area contributed by atoms with Gasteiger partial charge in [0.1, 0.15) is 12.4 Å². The Morgan fingerprint density at radius 2 is 1.76 bits per heavy atom. The molecule has 0 aliphatic carbocycles. The van der Waals surface area contributed by atoms with Gasteiger partial charge in [-0.05, 0) is 37.3 Å². The number of anilines is 1. The van der Waals surface area contributed by atoms with Crippen LogP contribution in [0.25, 0.3) is 0 Å². The minimum absolute atomic E-state index is 0.125. The first-order valence-corrected chi connectivity index (χ1v) is 8.66. The van der Waals surface area contributed by atoms with E-state index in [2.05, 4.69) is 0 Å². The first-order valence-electron chi connectivity index (χ1n) is 7.18. The summed E-state index contributed by atoms with van der Waals surface area (Å²) in [6, 6.07) is 8.56. The molecule has 0 saturated heterocycles. The van der Waals surface area contributed by atoms with Crippen molar-refractivity contribution in [3.05, 3.63) is 53.6 Å². The van der Waals surface area contributed by atoms with Crippen LogP contribution in [-0.4, -0.2) is 26.7 Å². The molecule has 0 spiro atoms. The minimum atomic E-state index is -4.79. The van der Waals surface area contributed by atoms with Gasteiger partial charge in [-0.3, -0.25) is 4.72 Å². The SMILES string of the molecule is Cc1ccc(S(=O)(=O)Nc2ccc(OCCO)cc2C(F)(F)F)cc1. The predicted octanol–water partition coefficient (Wildman–Crippen LogP) is 3.19. The highest BCUT2D eigenvalue weighted by atomic mass is 32.2. The van der Waals surface area contributed by atoms with Crippen LogP contribution in [0, 0.1) is 6.92 Å². The quantitative estimate of drug-likeness (QED) is 0.813. The molecule has 2 aromatic rings. The van der Waals surface area contributed by atoms with Gasteiger partial charge >= 0.3 is 6.18 Å². The second-order valence-corrected chi connectivity index (χ2v) is 6.88. The van der Waals surface area contributed by atoms with Crippen molar-refractivity contribution >= 4 is 15.7 Å². The number of hydrogen-bond acceptors (Lipinski definition) is 4. The molecule has 0 atom stereocenters. The van der Waals surface area contributed by atoms with Gasteiger partial charge in [-0.15, -0.1) is 0 Å². The van der Waals surface area contributed by atoms with Crippen LogP contribution in [0.2, 0.25) is 0 Å². The maximum Gasteiger partial charge on any atom is 0.418 e. The van der Waals surface area contributed by atoms with E-state index in [4.69, 9.17) is 9.84 Å². The summed E-state index contributed by atoms with van der Waals surface area (Å²) in [5, 5.41) is 8.67. The van der Waals surface area contributed by atoms with Crippen LogP contribution >= 0.6 is 0 Å². The molecule has 25 heavy (non-hydrogen) atoms. The Kier molecular flexibility index (Phi) is 5.58. The van der Waals surface area contributed by atoms with E-state index in [1.165, 1.54) is 18.2 Å². The summed E-state index contributed by atoms with van der Waals surface area (Å²) in [7, 11) is -4.17. The lowest BCUT2D eigenvalue weighted by Gasteiger charge is -2.16. The first kappa shape index (κ1) is 19.1. The number of ether oxygens (including phenoxy) is 1. The molecule has 2 rings (SSSR count). The molecule has 2 N–H and O–H groups in total. The molecule has 2 aromatic carbocycles. The van der Waals surface area contributed by atoms with Crippen molar-refractivity contribution in [2.24, 2.45) is 0 Å². The lowest BCUT2D eigenvalue weighted by Crippen LogP contribution is -2.17. The molecule has 0 saturated carbocycles. The van der Waals surface area contributed by atoms with E-state index >= 15 is 0 Å². The maximum absolute atomic E-state index is 13.2. The molecule has 136 valence electrons. The van der Waals surface area contributed by atoms with Crippen LogP contribution in [0.1, 0.15) is 11.1 Å². The van der Waals surface area contributed by atoms with E-state index in [1.54, 1.807) is 19.1 Å². The number of aliphatic hydroxyl groups excluding tert-OH is 1. The summed E-state index contributed by atoms with van der Waals surface area (Å²) in [6.07, 6.45) is -4.79. The van der Waals surface area contributed by atoms with E-state index < -0.39 is 27.5 Å². The number of aryl methyl sites for hydroxylation is 1. The van der Waals surface area contributed by atoms with Gasteiger partial charge in [0.2, 0.25) is 0 Å². The fourth-order valence-corrected chi connectivity index (χ4v) is 3.10. The average molecular weight is 375 g/mol. The molecule has 9 heteroatoms. The number of aliphatic hydroxyl groups is 1. The molecule has 0 unspecified atom stereocenters. The molecule has 0 amide bonds. The maximum atomic E-state index is 13.2. The van der Waals surface area contributed by atoms with Gasteiger partial charge in [0, 0.05) is 0 Å². The predicted molar refractivity (Wildman–Crippen MR) is 86.0 cm³/mol. The van der Waals surface area contributed by atoms with Crippen LogP contribution in [0.5, 0.6) is 5.75 Å². The average Bonchev–Trinajstić information content (AvgIpc) is 2.53. The molecule has 0 fully saturated rings. The largest absolute Gasteiger partial charge is 0.491 e. The molecule has 5 nitrogen and oxygen atoms in total. The molecule has 0 radical (unpaired) electrons. The Labute approximate surface area is 143 Å². The smallest absolute Gasteiger partial charge is 0.418 e. The lowest BCUT2D eigenvalue weighted by atomic mass is 10.1. The van der Waals surface area contributed by atoms with Crippen LogP contribution in [-0.2, 0) is 16.2 Å². The van der Waals surface area contributed by atoms with Gasteiger partial charge in [-0.25, -0.2) is 8.42 Å². The van der Waals surface area contributed by atoms with Gasteiger partial charge in [-0.2, -0.15) is 13.2 Å². The standard InChI is InChI=1S/C16H16F3NO4S/c1-11-2-5-13(6-3-11)25(22,23)20-15-7-4-12(24-9-8-21)10-14(15)16(17,18)19/h2-7,10,20-21H,8-9H2,1H3. The summed E-state index contributed by atoms with van der Waals surface area (Å²) >= 11 is 0. The Balaban J connectivity index is 2.39. The van der Waals surface area contributed by atoms with Crippen molar-refractivity contribution in [3.63, 3.8) is 0 Å². The minimum Gasteiger partial charge on any atom is -0.491 e. The van der Waals surface area contributed by atoms with Gasteiger partial charge in [-0.1, -0.05) is 17.7 Å². The van der Waals surface area contributed by atoms with Gasteiger partial charge in [0.05, 0.1) is 22.8 Å². The van der Waals surface area contributed by atoms with Crippen LogP contribution in [0.15, 0.2) is 47.4 Å². The second kappa shape index (κ2) is 7.32. The highest BCUT2D eigenvalue weighted by Crippen LogP contribution is 2.38. The molecule has 0 bridgehead atoms. The van der Waals surface area contributed by atoms with Gasteiger partial charge < -0.3 is 9.84 Å². The fraction of sp³-hybridized carbons (Fsp3) is 0.250. The van der Waals surface area contributed by atoms with Crippen molar-refractivity contribution in [2.75, 3.05) is 17.9 Å². The van der Waals surface area contributed by atoms with Gasteiger partial charge in [0.15, 0.2) is 0 Å². The van der Waals surface area contributed by atoms with Gasteiger partial charge in [0.25, 0.3) is 10.0 Å². The van der Waals surface area contributed by atoms with Crippen molar-refractivity contribution in [2.45, 2.75) is 18.0 Å². The highest BCUT2D eigenvalue weighted by Gasteiger charge is 2.35. The number of hydrogen-bond donors (Lipinski definition) is 2. The third kappa shape index (κ3) is 4.86. The van der Waals surface area contributed by atoms with Crippen LogP contribution in [0.3, 0.4) is 0 Å². The van der Waals surface area contributed by atoms with Crippen molar-refractivity contribution in [3.8, 4) is 5.75 Å². The number of sulfonamides is 1. The van der Waals surface area contributed by atoms with E-state index in [-0.39, 0.29) is 23.9 Å². The van der Waals surface area contributed by atoms with E-state index in [0.29, 0.717) is 6.07 Å². The van der Waals surface area contributed by atoms with Crippen molar-refractivity contribution in [1.82, 2.24) is 0 Å². The third-order valence-electron chi connectivity index (χ3n) is 3.23. The highest BCUT2D eigenvalue weighted by molar-refractivity contribution is 7.92. The summed E-state index contributed by atoms with van der Waals surface area (Å²) in [6.45, 7) is 1.23. The van der Waals surface area contributed by atoms with Crippen molar-refractivity contribution in [1.29, 1.82) is 0 Å². The topological polar surface area (TPSA) is 75.6 Å². The Hall–Kier alpha value is -2.26. The fourth-order valence-electron chi connectivity index (χ4n) is 2.02. The monoisotopic (exact) mass is 375 g/mol. The molecule has 0 aliphatic heterocycles. The van der Waals surface area contributed by atoms with E-state index in [1.807, 2.05) is 4.72 Å². The normalized spacial score (nSPS) is 12.0. The van der Waals surface area contributed by atoms with E-state index in [0.717, 1.165) is 11.6 Å². The molecular weight excluding hydrogens is 359 g/mol. The molecule has 0 heterocycles. The van der Waals surface area contributed by atoms with Crippen molar-refractivity contribution < 1.29 is 31.4 Å². The molecular formula is C16H16F3NO4S. The second-order valence-electron chi connectivity index (χ2n) is 5.20.